The van der Waals surface area contributed by atoms with Crippen LogP contribution >= 0.6 is 23.4 Å². The minimum absolute atomic E-state index is 0.110. The summed E-state index contributed by atoms with van der Waals surface area (Å²) >= 11 is 8.36. The van der Waals surface area contributed by atoms with E-state index in [-0.39, 0.29) is 6.04 Å². The summed E-state index contributed by atoms with van der Waals surface area (Å²) < 4.78 is 0. The number of thioether (sulfide) groups is 1. The van der Waals surface area contributed by atoms with E-state index in [4.69, 9.17) is 11.6 Å². The molecule has 1 aliphatic rings. The predicted octanol–water partition coefficient (Wildman–Crippen LogP) is 5.10. The van der Waals surface area contributed by atoms with Gasteiger partial charge in [-0.05, 0) is 62.2 Å². The fourth-order valence-corrected chi connectivity index (χ4v) is 4.22. The third-order valence-electron chi connectivity index (χ3n) is 4.42. The summed E-state index contributed by atoms with van der Waals surface area (Å²) in [6, 6.07) is 8.55. The highest BCUT2D eigenvalue weighted by Crippen LogP contribution is 2.33. The van der Waals surface area contributed by atoms with Crippen molar-refractivity contribution in [2.75, 3.05) is 18.4 Å². The first-order chi connectivity index (χ1) is 12.0. The molecule has 3 nitrogen and oxygen atoms in total. The van der Waals surface area contributed by atoms with E-state index in [2.05, 4.69) is 54.6 Å². The number of hydrogen-bond acceptors (Lipinski definition) is 4. The Labute approximate surface area is 160 Å². The first-order valence-electron chi connectivity index (χ1n) is 8.94. The second kappa shape index (κ2) is 8.43. The Kier molecular flexibility index (Phi) is 6.26. The molecule has 0 saturated carbocycles. The maximum atomic E-state index is 6.52. The van der Waals surface area contributed by atoms with Crippen LogP contribution in [0.2, 0.25) is 5.02 Å². The van der Waals surface area contributed by atoms with Crippen LogP contribution in [0.25, 0.3) is 0 Å². The molecule has 1 aromatic heterocycles. The van der Waals surface area contributed by atoms with E-state index < -0.39 is 0 Å². The maximum Gasteiger partial charge on any atom is 0.0657 e. The van der Waals surface area contributed by atoms with Gasteiger partial charge in [0.1, 0.15) is 0 Å². The molecule has 2 aromatic rings. The second-order valence-electron chi connectivity index (χ2n) is 6.76. The van der Waals surface area contributed by atoms with E-state index in [9.17, 15) is 0 Å². The van der Waals surface area contributed by atoms with Gasteiger partial charge in [-0.15, -0.1) is 11.8 Å². The molecule has 0 amide bonds. The highest BCUT2D eigenvalue weighted by Gasteiger charge is 2.17. The van der Waals surface area contributed by atoms with Gasteiger partial charge in [-0.25, -0.2) is 0 Å². The van der Waals surface area contributed by atoms with E-state index in [1.807, 2.05) is 24.0 Å². The number of nitrogens with zero attached hydrogens (tertiary/aromatic N) is 1. The Hall–Kier alpha value is -1.23. The van der Waals surface area contributed by atoms with Crippen LogP contribution in [0.3, 0.4) is 0 Å². The molecule has 1 atom stereocenters. The van der Waals surface area contributed by atoms with Gasteiger partial charge in [0.2, 0.25) is 0 Å². The molecule has 0 saturated heterocycles. The van der Waals surface area contributed by atoms with Crippen molar-refractivity contribution >= 4 is 29.1 Å². The van der Waals surface area contributed by atoms with Gasteiger partial charge in [0.25, 0.3) is 0 Å². The van der Waals surface area contributed by atoms with Gasteiger partial charge in [-0.1, -0.05) is 31.5 Å². The van der Waals surface area contributed by atoms with Crippen LogP contribution in [-0.2, 0) is 12.8 Å². The Morgan fingerprint density at radius 2 is 1.92 bits per heavy atom. The number of halogens is 1. The Morgan fingerprint density at radius 3 is 2.64 bits per heavy atom. The van der Waals surface area contributed by atoms with Gasteiger partial charge < -0.3 is 10.6 Å². The number of nitrogens with one attached hydrogen (secondary N) is 2. The van der Waals surface area contributed by atoms with Crippen molar-refractivity contribution in [3.05, 3.63) is 52.3 Å². The molecule has 2 N–H and O–H groups in total. The summed E-state index contributed by atoms with van der Waals surface area (Å²) in [6.07, 6.45) is 4.02. The van der Waals surface area contributed by atoms with Crippen LogP contribution in [-0.4, -0.2) is 23.3 Å². The molecule has 5 heteroatoms. The number of aromatic nitrogens is 1. The molecule has 134 valence electrons. The second-order valence-corrected chi connectivity index (χ2v) is 8.82. The van der Waals surface area contributed by atoms with Gasteiger partial charge in [0.15, 0.2) is 0 Å². The number of pyridine rings is 1. The highest BCUT2D eigenvalue weighted by molar-refractivity contribution is 7.99. The van der Waals surface area contributed by atoms with E-state index >= 15 is 0 Å². The van der Waals surface area contributed by atoms with Gasteiger partial charge in [-0.3, -0.25) is 4.98 Å². The number of benzene rings is 1. The van der Waals surface area contributed by atoms with Crippen molar-refractivity contribution < 1.29 is 0 Å². The van der Waals surface area contributed by atoms with Crippen LogP contribution in [0.15, 0.2) is 35.4 Å². The molecule has 0 radical (unpaired) electrons. The number of anilines is 1. The lowest BCUT2D eigenvalue weighted by Gasteiger charge is -2.21. The molecule has 1 unspecified atom stereocenters. The zero-order valence-electron chi connectivity index (χ0n) is 15.1. The summed E-state index contributed by atoms with van der Waals surface area (Å²) in [5.74, 6) is 0. The lowest BCUT2D eigenvalue weighted by atomic mass is 10.00. The summed E-state index contributed by atoms with van der Waals surface area (Å²) in [5.41, 5.74) is 4.84. The van der Waals surface area contributed by atoms with Crippen molar-refractivity contribution in [2.24, 2.45) is 0 Å². The van der Waals surface area contributed by atoms with Gasteiger partial charge in [-0.2, -0.15) is 0 Å². The van der Waals surface area contributed by atoms with Crippen LogP contribution in [0.4, 0.5) is 5.69 Å². The average molecular weight is 376 g/mol. The van der Waals surface area contributed by atoms with Crippen molar-refractivity contribution in [1.29, 1.82) is 0 Å². The van der Waals surface area contributed by atoms with Crippen LogP contribution in [0, 0.1) is 0 Å². The fraction of sp³-hybridized carbons (Fsp3) is 0.450. The van der Waals surface area contributed by atoms with Crippen LogP contribution in [0.5, 0.6) is 0 Å². The highest BCUT2D eigenvalue weighted by atomic mass is 35.5. The van der Waals surface area contributed by atoms with Gasteiger partial charge >= 0.3 is 0 Å². The minimum Gasteiger partial charge on any atom is -0.376 e. The smallest absolute Gasteiger partial charge is 0.0657 e. The molecule has 25 heavy (non-hydrogen) atoms. The first-order valence-corrected chi connectivity index (χ1v) is 10.2. The van der Waals surface area contributed by atoms with E-state index in [1.54, 1.807) is 0 Å². The predicted molar refractivity (Wildman–Crippen MR) is 109 cm³/mol. The summed E-state index contributed by atoms with van der Waals surface area (Å²) in [6.45, 7) is 8.56. The zero-order valence-corrected chi connectivity index (χ0v) is 16.7. The van der Waals surface area contributed by atoms with Gasteiger partial charge in [0.05, 0.1) is 22.4 Å². The average Bonchev–Trinajstić information content (AvgIpc) is 2.83. The van der Waals surface area contributed by atoms with E-state index in [0.29, 0.717) is 5.25 Å². The topological polar surface area (TPSA) is 37.0 Å². The molecule has 1 aromatic carbocycles. The third kappa shape index (κ3) is 4.69. The molecule has 2 heterocycles. The first kappa shape index (κ1) is 18.6. The Balaban J connectivity index is 1.80. The van der Waals surface area contributed by atoms with Crippen molar-refractivity contribution in [2.45, 2.75) is 49.8 Å². The maximum absolute atomic E-state index is 6.52. The van der Waals surface area contributed by atoms with Crippen molar-refractivity contribution in [1.82, 2.24) is 10.3 Å². The molecule has 1 aliphatic heterocycles. The van der Waals surface area contributed by atoms with E-state index in [1.165, 1.54) is 16.0 Å². The van der Waals surface area contributed by atoms with Crippen molar-refractivity contribution in [3.63, 3.8) is 0 Å². The lowest BCUT2D eigenvalue weighted by Crippen LogP contribution is -2.16. The third-order valence-corrected chi connectivity index (χ3v) is 5.72. The molecule has 0 aliphatic carbocycles. The van der Waals surface area contributed by atoms with Crippen LogP contribution in [0.1, 0.15) is 43.6 Å². The summed E-state index contributed by atoms with van der Waals surface area (Å²) in [7, 11) is 0. The number of hydrogen-bond donors (Lipinski definition) is 2. The normalized spacial score (nSPS) is 15.6. The Morgan fingerprint density at radius 1 is 1.12 bits per heavy atom. The monoisotopic (exact) mass is 375 g/mol. The molecular weight excluding hydrogens is 350 g/mol. The van der Waals surface area contributed by atoms with E-state index in [0.717, 1.165) is 42.3 Å². The zero-order chi connectivity index (χ0) is 17.8. The molecule has 0 fully saturated rings. The Bertz CT molecular complexity index is 716. The standard InChI is InChI=1S/C20H26ClN3S/c1-13(2)25-16-5-7-19(23-12-16)14(3)24-20-17-9-11-22-10-8-15(17)4-6-18(20)21/h4-7,12-14,22,24H,8-11H2,1-3H3. The largest absolute Gasteiger partial charge is 0.376 e. The SMILES string of the molecule is CC(C)Sc1ccc(C(C)Nc2c(Cl)ccc3c2CCNCC3)nc1. The summed E-state index contributed by atoms with van der Waals surface area (Å²) in [5, 5.41) is 8.43. The summed E-state index contributed by atoms with van der Waals surface area (Å²) in [4.78, 5) is 5.86. The fourth-order valence-electron chi connectivity index (χ4n) is 3.18. The number of fused-ring (bicyclic) bond motifs is 1. The lowest BCUT2D eigenvalue weighted by molar-refractivity contribution is 0.710. The van der Waals surface area contributed by atoms with Gasteiger partial charge in [0, 0.05) is 16.3 Å². The minimum atomic E-state index is 0.110. The number of rotatable bonds is 5. The molecule has 0 spiro atoms. The van der Waals surface area contributed by atoms with Crippen LogP contribution < -0.4 is 10.6 Å². The van der Waals surface area contributed by atoms with Crippen molar-refractivity contribution in [3.8, 4) is 0 Å². The molecule has 3 rings (SSSR count). The molecular formula is C20H26ClN3S. The quantitative estimate of drug-likeness (QED) is 0.713. The molecule has 0 bridgehead atoms.